The summed E-state index contributed by atoms with van der Waals surface area (Å²) in [5.41, 5.74) is 1.63. The minimum Gasteiger partial charge on any atom is -0.490 e. The Kier molecular flexibility index (Phi) is 6.26. The number of piperidine rings is 1. The van der Waals surface area contributed by atoms with Crippen LogP contribution in [-0.4, -0.2) is 35.9 Å². The van der Waals surface area contributed by atoms with Gasteiger partial charge < -0.3 is 15.0 Å². The fraction of sp³-hybridized carbons (Fsp3) is 0.273. The molecular formula is C22H24N2O3. The zero-order chi connectivity index (χ0) is 19.1. The molecule has 2 aromatic carbocycles. The number of rotatable bonds is 6. The zero-order valence-corrected chi connectivity index (χ0v) is 15.3. The molecule has 27 heavy (non-hydrogen) atoms. The van der Waals surface area contributed by atoms with Crippen molar-refractivity contribution < 1.29 is 14.3 Å². The number of carbonyl (C=O) groups excluding carboxylic acids is 2. The van der Waals surface area contributed by atoms with E-state index in [1.54, 1.807) is 17.0 Å². The van der Waals surface area contributed by atoms with E-state index in [-0.39, 0.29) is 17.9 Å². The van der Waals surface area contributed by atoms with Crippen LogP contribution in [0.4, 0.5) is 0 Å². The third-order valence-corrected chi connectivity index (χ3v) is 4.62. The van der Waals surface area contributed by atoms with Crippen LogP contribution in [0, 0.1) is 0 Å². The van der Waals surface area contributed by atoms with Gasteiger partial charge >= 0.3 is 0 Å². The van der Waals surface area contributed by atoms with E-state index in [9.17, 15) is 9.59 Å². The molecule has 2 amide bonds. The second-order valence-corrected chi connectivity index (χ2v) is 6.54. The number of benzene rings is 2. The lowest BCUT2D eigenvalue weighted by molar-refractivity contribution is -0.127. The summed E-state index contributed by atoms with van der Waals surface area (Å²) in [5.74, 6) is 0.511. The molecule has 140 valence electrons. The van der Waals surface area contributed by atoms with Gasteiger partial charge in [-0.15, -0.1) is 0 Å². The molecule has 0 atom stereocenters. The first-order valence-electron chi connectivity index (χ1n) is 9.16. The molecule has 1 saturated heterocycles. The fourth-order valence-electron chi connectivity index (χ4n) is 3.11. The summed E-state index contributed by atoms with van der Waals surface area (Å²) in [6, 6.07) is 17.0. The van der Waals surface area contributed by atoms with Gasteiger partial charge in [0, 0.05) is 38.0 Å². The lowest BCUT2D eigenvalue weighted by Crippen LogP contribution is -2.41. The van der Waals surface area contributed by atoms with E-state index in [4.69, 9.17) is 4.74 Å². The van der Waals surface area contributed by atoms with E-state index in [0.29, 0.717) is 30.9 Å². The lowest BCUT2D eigenvalue weighted by atomic mass is 10.1. The maximum Gasteiger partial charge on any atom is 0.251 e. The Morgan fingerprint density at radius 2 is 1.85 bits per heavy atom. The van der Waals surface area contributed by atoms with Crippen molar-refractivity contribution in [2.45, 2.75) is 25.5 Å². The molecule has 1 fully saturated rings. The van der Waals surface area contributed by atoms with Crippen molar-refractivity contribution in [2.24, 2.45) is 0 Å². The highest BCUT2D eigenvalue weighted by Crippen LogP contribution is 2.20. The monoisotopic (exact) mass is 364 g/mol. The van der Waals surface area contributed by atoms with Gasteiger partial charge in [0.2, 0.25) is 5.91 Å². The first-order valence-corrected chi connectivity index (χ1v) is 9.16. The van der Waals surface area contributed by atoms with Crippen LogP contribution in [0.25, 0.3) is 0 Å². The van der Waals surface area contributed by atoms with Crippen LogP contribution in [0.2, 0.25) is 0 Å². The van der Waals surface area contributed by atoms with Gasteiger partial charge in [0.05, 0.1) is 0 Å². The van der Waals surface area contributed by atoms with Crippen molar-refractivity contribution in [1.29, 1.82) is 0 Å². The maximum atomic E-state index is 12.4. The van der Waals surface area contributed by atoms with Gasteiger partial charge in [-0.2, -0.15) is 0 Å². The van der Waals surface area contributed by atoms with E-state index in [0.717, 1.165) is 18.4 Å². The standard InChI is InChI=1S/C22H24N2O3/c1-2-21(25)24-13-11-19(12-14-24)27-20-10-6-9-18(15-20)22(26)23-16-17-7-4-3-5-8-17/h2-10,15,19H,1,11-14,16H2,(H,23,26). The number of likely N-dealkylation sites (tertiary alicyclic amines) is 1. The number of nitrogens with one attached hydrogen (secondary N) is 1. The number of nitrogens with zero attached hydrogens (tertiary/aromatic N) is 1. The maximum absolute atomic E-state index is 12.4. The first kappa shape index (κ1) is 18.7. The Hall–Kier alpha value is -3.08. The molecule has 0 aromatic heterocycles. The topological polar surface area (TPSA) is 58.6 Å². The summed E-state index contributed by atoms with van der Waals surface area (Å²) in [6.07, 6.45) is 2.92. The van der Waals surface area contributed by atoms with Gasteiger partial charge in [0.1, 0.15) is 11.9 Å². The Morgan fingerprint density at radius 3 is 2.56 bits per heavy atom. The molecule has 0 radical (unpaired) electrons. The smallest absolute Gasteiger partial charge is 0.251 e. The molecule has 1 N–H and O–H groups in total. The van der Waals surface area contributed by atoms with Gasteiger partial charge in [0.15, 0.2) is 0 Å². The molecule has 1 aliphatic heterocycles. The molecule has 0 saturated carbocycles. The summed E-state index contributed by atoms with van der Waals surface area (Å²) in [6.45, 7) is 5.33. The van der Waals surface area contributed by atoms with Crippen molar-refractivity contribution in [3.05, 3.63) is 78.4 Å². The van der Waals surface area contributed by atoms with Gasteiger partial charge in [0.25, 0.3) is 5.91 Å². The van der Waals surface area contributed by atoms with E-state index in [2.05, 4.69) is 11.9 Å². The molecular weight excluding hydrogens is 340 g/mol. The minimum atomic E-state index is -0.129. The Bertz CT molecular complexity index is 796. The number of hydrogen-bond donors (Lipinski definition) is 1. The number of hydrogen-bond acceptors (Lipinski definition) is 3. The molecule has 5 heteroatoms. The van der Waals surface area contributed by atoms with E-state index < -0.39 is 0 Å². The van der Waals surface area contributed by atoms with Gasteiger partial charge in [-0.05, 0) is 29.8 Å². The number of carbonyl (C=O) groups is 2. The average molecular weight is 364 g/mol. The van der Waals surface area contributed by atoms with Crippen LogP contribution in [0.3, 0.4) is 0 Å². The van der Waals surface area contributed by atoms with Gasteiger partial charge in [-0.3, -0.25) is 9.59 Å². The van der Waals surface area contributed by atoms with E-state index in [1.165, 1.54) is 6.08 Å². The predicted octanol–water partition coefficient (Wildman–Crippen LogP) is 3.17. The number of ether oxygens (including phenoxy) is 1. The van der Waals surface area contributed by atoms with Crippen LogP contribution in [0.15, 0.2) is 67.3 Å². The van der Waals surface area contributed by atoms with Crippen molar-refractivity contribution in [3.8, 4) is 5.75 Å². The van der Waals surface area contributed by atoms with Crippen molar-refractivity contribution >= 4 is 11.8 Å². The molecule has 0 unspecified atom stereocenters. The van der Waals surface area contributed by atoms with Crippen LogP contribution >= 0.6 is 0 Å². The summed E-state index contributed by atoms with van der Waals surface area (Å²) >= 11 is 0. The van der Waals surface area contributed by atoms with Gasteiger partial charge in [-0.25, -0.2) is 0 Å². The Balaban J connectivity index is 1.53. The molecule has 1 aliphatic rings. The second-order valence-electron chi connectivity index (χ2n) is 6.54. The molecule has 5 nitrogen and oxygen atoms in total. The minimum absolute atomic E-state index is 0.0365. The van der Waals surface area contributed by atoms with Crippen molar-refractivity contribution in [1.82, 2.24) is 10.2 Å². The molecule has 0 spiro atoms. The third-order valence-electron chi connectivity index (χ3n) is 4.62. The normalized spacial score (nSPS) is 14.4. The summed E-state index contributed by atoms with van der Waals surface area (Å²) in [4.78, 5) is 25.8. The van der Waals surface area contributed by atoms with Crippen LogP contribution < -0.4 is 10.1 Å². The van der Waals surface area contributed by atoms with Gasteiger partial charge in [-0.1, -0.05) is 43.0 Å². The highest BCUT2D eigenvalue weighted by atomic mass is 16.5. The highest BCUT2D eigenvalue weighted by Gasteiger charge is 2.22. The van der Waals surface area contributed by atoms with E-state index in [1.807, 2.05) is 42.5 Å². The predicted molar refractivity (Wildman–Crippen MR) is 104 cm³/mol. The molecule has 2 aromatic rings. The molecule has 1 heterocycles. The van der Waals surface area contributed by atoms with Crippen LogP contribution in [0.1, 0.15) is 28.8 Å². The molecule has 0 aliphatic carbocycles. The lowest BCUT2D eigenvalue weighted by Gasteiger charge is -2.31. The first-order chi connectivity index (χ1) is 13.2. The Morgan fingerprint density at radius 1 is 1.11 bits per heavy atom. The van der Waals surface area contributed by atoms with E-state index >= 15 is 0 Å². The zero-order valence-electron chi connectivity index (χ0n) is 15.3. The largest absolute Gasteiger partial charge is 0.490 e. The SMILES string of the molecule is C=CC(=O)N1CCC(Oc2cccc(C(=O)NCc3ccccc3)c2)CC1. The fourth-order valence-corrected chi connectivity index (χ4v) is 3.11. The van der Waals surface area contributed by atoms with Crippen molar-refractivity contribution in [3.63, 3.8) is 0 Å². The Labute approximate surface area is 159 Å². The summed E-state index contributed by atoms with van der Waals surface area (Å²) in [5, 5.41) is 2.92. The van der Waals surface area contributed by atoms with Crippen LogP contribution in [-0.2, 0) is 11.3 Å². The molecule has 0 bridgehead atoms. The summed E-state index contributed by atoms with van der Waals surface area (Å²) in [7, 11) is 0. The molecule has 3 rings (SSSR count). The number of amides is 2. The van der Waals surface area contributed by atoms with Crippen molar-refractivity contribution in [2.75, 3.05) is 13.1 Å². The third kappa shape index (κ3) is 5.20. The van der Waals surface area contributed by atoms with Crippen LogP contribution in [0.5, 0.6) is 5.75 Å². The summed E-state index contributed by atoms with van der Waals surface area (Å²) < 4.78 is 6.03. The highest BCUT2D eigenvalue weighted by molar-refractivity contribution is 5.94. The quantitative estimate of drug-likeness (QED) is 0.801. The second kappa shape index (κ2) is 9.03. The average Bonchev–Trinajstić information content (AvgIpc) is 2.73.